The van der Waals surface area contributed by atoms with Crippen molar-refractivity contribution in [1.82, 2.24) is 4.98 Å². The zero-order chi connectivity index (χ0) is 11.5. The molecule has 0 atom stereocenters. The molecule has 0 unspecified atom stereocenters. The van der Waals surface area contributed by atoms with E-state index in [9.17, 15) is 9.18 Å². The Morgan fingerprint density at radius 3 is 2.75 bits per heavy atom. The Kier molecular flexibility index (Phi) is 2.72. The van der Waals surface area contributed by atoms with Gasteiger partial charge in [-0.1, -0.05) is 0 Å². The summed E-state index contributed by atoms with van der Waals surface area (Å²) in [7, 11) is 1.36. The molecule has 0 aliphatic heterocycles. The van der Waals surface area contributed by atoms with Crippen LogP contribution in [-0.4, -0.2) is 17.9 Å². The number of ether oxygens (including phenoxy) is 1. The van der Waals surface area contributed by atoms with Crippen molar-refractivity contribution in [1.29, 1.82) is 0 Å². The topological polar surface area (TPSA) is 42.1 Å². The van der Waals surface area contributed by atoms with Crippen LogP contribution in [-0.2, 0) is 0 Å². The van der Waals surface area contributed by atoms with Crippen molar-refractivity contribution < 1.29 is 13.9 Å². The minimum absolute atomic E-state index is 0.0707. The molecule has 1 N–H and O–H groups in total. The Morgan fingerprint density at radius 2 is 2.12 bits per heavy atom. The summed E-state index contributed by atoms with van der Waals surface area (Å²) in [5.41, 5.74) is 0.937. The van der Waals surface area contributed by atoms with Gasteiger partial charge in [-0.05, 0) is 24.3 Å². The first-order valence-corrected chi connectivity index (χ1v) is 4.73. The molecule has 0 aliphatic carbocycles. The number of halogens is 1. The van der Waals surface area contributed by atoms with Gasteiger partial charge >= 0.3 is 0 Å². The van der Waals surface area contributed by atoms with Crippen LogP contribution in [0.3, 0.4) is 0 Å². The molecule has 1 heterocycles. The molecule has 2 rings (SSSR count). The van der Waals surface area contributed by atoms with Crippen LogP contribution in [0, 0.1) is 5.82 Å². The van der Waals surface area contributed by atoms with Gasteiger partial charge in [0, 0.05) is 23.5 Å². The molecule has 0 saturated heterocycles. The van der Waals surface area contributed by atoms with E-state index >= 15 is 0 Å². The monoisotopic (exact) mass is 219 g/mol. The predicted octanol–water partition coefficient (Wildman–Crippen LogP) is 2.39. The number of methoxy groups -OCH3 is 1. The third-order valence-corrected chi connectivity index (χ3v) is 2.27. The van der Waals surface area contributed by atoms with E-state index < -0.39 is 5.82 Å². The molecular formula is C12H10FNO2. The van der Waals surface area contributed by atoms with Gasteiger partial charge in [-0.25, -0.2) is 4.39 Å². The van der Waals surface area contributed by atoms with E-state index in [1.807, 2.05) is 0 Å². The van der Waals surface area contributed by atoms with Crippen LogP contribution in [0.2, 0.25) is 0 Å². The molecule has 16 heavy (non-hydrogen) atoms. The summed E-state index contributed by atoms with van der Waals surface area (Å²) in [6.07, 6.45) is 3.26. The van der Waals surface area contributed by atoms with Crippen LogP contribution in [0.4, 0.5) is 4.39 Å². The quantitative estimate of drug-likeness (QED) is 0.805. The van der Waals surface area contributed by atoms with Crippen LogP contribution in [0.1, 0.15) is 15.9 Å². The molecule has 0 saturated carbocycles. The maximum Gasteiger partial charge on any atom is 0.194 e. The average molecular weight is 219 g/mol. The summed E-state index contributed by atoms with van der Waals surface area (Å²) >= 11 is 0. The SMILES string of the molecule is COc1cc(C(=O)c2cc[nH]c2)ccc1F. The second-order valence-corrected chi connectivity index (χ2v) is 3.28. The number of benzene rings is 1. The molecule has 2 aromatic rings. The summed E-state index contributed by atoms with van der Waals surface area (Å²) < 4.78 is 18.0. The zero-order valence-corrected chi connectivity index (χ0v) is 8.66. The van der Waals surface area contributed by atoms with Crippen molar-refractivity contribution >= 4 is 5.78 Å². The predicted molar refractivity (Wildman–Crippen MR) is 57.2 cm³/mol. The van der Waals surface area contributed by atoms with E-state index in [0.29, 0.717) is 11.1 Å². The first kappa shape index (κ1) is 10.4. The lowest BCUT2D eigenvalue weighted by Crippen LogP contribution is -2.01. The first-order valence-electron chi connectivity index (χ1n) is 4.73. The third-order valence-electron chi connectivity index (χ3n) is 2.27. The van der Waals surface area contributed by atoms with Gasteiger partial charge in [0.15, 0.2) is 17.3 Å². The van der Waals surface area contributed by atoms with Gasteiger partial charge < -0.3 is 9.72 Å². The minimum Gasteiger partial charge on any atom is -0.494 e. The summed E-state index contributed by atoms with van der Waals surface area (Å²) in [6.45, 7) is 0. The number of nitrogens with one attached hydrogen (secondary N) is 1. The number of carbonyl (C=O) groups excluding carboxylic acids is 1. The van der Waals surface area contributed by atoms with E-state index in [1.165, 1.54) is 25.3 Å². The van der Waals surface area contributed by atoms with E-state index in [4.69, 9.17) is 4.74 Å². The van der Waals surface area contributed by atoms with E-state index in [-0.39, 0.29) is 11.5 Å². The van der Waals surface area contributed by atoms with Gasteiger partial charge in [0.05, 0.1) is 7.11 Å². The lowest BCUT2D eigenvalue weighted by Gasteiger charge is -2.04. The number of hydrogen-bond acceptors (Lipinski definition) is 2. The lowest BCUT2D eigenvalue weighted by atomic mass is 10.1. The number of carbonyl (C=O) groups is 1. The van der Waals surface area contributed by atoms with Crippen molar-refractivity contribution in [2.24, 2.45) is 0 Å². The number of H-pyrrole nitrogens is 1. The van der Waals surface area contributed by atoms with Gasteiger partial charge in [-0.15, -0.1) is 0 Å². The van der Waals surface area contributed by atoms with Crippen LogP contribution in [0.5, 0.6) is 5.75 Å². The number of hydrogen-bond donors (Lipinski definition) is 1. The van der Waals surface area contributed by atoms with Crippen LogP contribution in [0.25, 0.3) is 0 Å². The largest absolute Gasteiger partial charge is 0.494 e. The average Bonchev–Trinajstić information content (AvgIpc) is 2.82. The molecule has 0 fully saturated rings. The van der Waals surface area contributed by atoms with Crippen molar-refractivity contribution in [3.05, 3.63) is 53.6 Å². The molecule has 0 bridgehead atoms. The highest BCUT2D eigenvalue weighted by Gasteiger charge is 2.12. The van der Waals surface area contributed by atoms with Crippen LogP contribution < -0.4 is 4.74 Å². The molecule has 82 valence electrons. The highest BCUT2D eigenvalue weighted by atomic mass is 19.1. The molecule has 0 aliphatic rings. The highest BCUT2D eigenvalue weighted by Crippen LogP contribution is 2.20. The number of rotatable bonds is 3. The normalized spacial score (nSPS) is 10.1. The van der Waals surface area contributed by atoms with Gasteiger partial charge in [0.1, 0.15) is 0 Å². The van der Waals surface area contributed by atoms with Crippen molar-refractivity contribution in [2.75, 3.05) is 7.11 Å². The number of aromatic amines is 1. The Hall–Kier alpha value is -2.10. The Labute approximate surface area is 91.9 Å². The summed E-state index contributed by atoms with van der Waals surface area (Å²) in [4.78, 5) is 14.7. The summed E-state index contributed by atoms with van der Waals surface area (Å²) in [5, 5.41) is 0. The molecule has 0 amide bonds. The maximum absolute atomic E-state index is 13.1. The fourth-order valence-electron chi connectivity index (χ4n) is 1.43. The van der Waals surface area contributed by atoms with Gasteiger partial charge in [-0.2, -0.15) is 0 Å². The van der Waals surface area contributed by atoms with Crippen molar-refractivity contribution in [3.63, 3.8) is 0 Å². The zero-order valence-electron chi connectivity index (χ0n) is 8.66. The van der Waals surface area contributed by atoms with Crippen LogP contribution >= 0.6 is 0 Å². The molecule has 1 aromatic carbocycles. The van der Waals surface area contributed by atoms with E-state index in [1.54, 1.807) is 18.5 Å². The lowest BCUT2D eigenvalue weighted by molar-refractivity contribution is 0.103. The Bertz CT molecular complexity index is 506. The maximum atomic E-state index is 13.1. The molecule has 3 nitrogen and oxygen atoms in total. The summed E-state index contributed by atoms with van der Waals surface area (Å²) in [5.74, 6) is -0.575. The number of aromatic nitrogens is 1. The molecule has 1 aromatic heterocycles. The Morgan fingerprint density at radius 1 is 1.31 bits per heavy atom. The fraction of sp³-hybridized carbons (Fsp3) is 0.0833. The second kappa shape index (κ2) is 4.18. The van der Waals surface area contributed by atoms with Gasteiger partial charge in [0.2, 0.25) is 0 Å². The van der Waals surface area contributed by atoms with Gasteiger partial charge in [0.25, 0.3) is 0 Å². The molecular weight excluding hydrogens is 209 g/mol. The second-order valence-electron chi connectivity index (χ2n) is 3.28. The number of ketones is 1. The van der Waals surface area contributed by atoms with E-state index in [2.05, 4.69) is 4.98 Å². The highest BCUT2D eigenvalue weighted by molar-refractivity contribution is 6.09. The van der Waals surface area contributed by atoms with Crippen molar-refractivity contribution in [3.8, 4) is 5.75 Å². The third kappa shape index (κ3) is 1.82. The Balaban J connectivity index is 2.38. The molecule has 0 spiro atoms. The smallest absolute Gasteiger partial charge is 0.194 e. The van der Waals surface area contributed by atoms with Crippen molar-refractivity contribution in [2.45, 2.75) is 0 Å². The van der Waals surface area contributed by atoms with Gasteiger partial charge in [-0.3, -0.25) is 4.79 Å². The molecule has 4 heteroatoms. The summed E-state index contributed by atoms with van der Waals surface area (Å²) in [6, 6.07) is 5.72. The minimum atomic E-state index is -0.479. The van der Waals surface area contributed by atoms with Crippen LogP contribution in [0.15, 0.2) is 36.7 Å². The van der Waals surface area contributed by atoms with E-state index in [0.717, 1.165) is 0 Å². The standard InChI is InChI=1S/C12H10FNO2/c1-16-11-6-8(2-3-10(11)13)12(15)9-4-5-14-7-9/h2-7,14H,1H3. The first-order chi connectivity index (χ1) is 7.72. The fourth-order valence-corrected chi connectivity index (χ4v) is 1.43. The molecule has 0 radical (unpaired) electrons.